The van der Waals surface area contributed by atoms with E-state index >= 15 is 0 Å². The van der Waals surface area contributed by atoms with Gasteiger partial charge in [-0.2, -0.15) is 0 Å². The summed E-state index contributed by atoms with van der Waals surface area (Å²) in [6.07, 6.45) is 0. The Hall–Kier alpha value is -0.120. The van der Waals surface area contributed by atoms with E-state index in [-0.39, 0.29) is 0 Å². The highest BCUT2D eigenvalue weighted by Crippen LogP contribution is 1.47. The van der Waals surface area contributed by atoms with Crippen molar-refractivity contribution in [3.63, 3.8) is 0 Å². The van der Waals surface area contributed by atoms with Gasteiger partial charge in [-0.25, -0.2) is 15.3 Å². The van der Waals surface area contributed by atoms with Gasteiger partial charge < -0.3 is 0 Å². The highest BCUT2D eigenvalue weighted by molar-refractivity contribution is 3.57. The van der Waals surface area contributed by atoms with Crippen molar-refractivity contribution < 1.29 is 15.3 Å². The summed E-state index contributed by atoms with van der Waals surface area (Å²) in [4.78, 5) is 2.99. The molecule has 0 aliphatic rings. The van der Waals surface area contributed by atoms with Crippen LogP contribution in [0.25, 0.3) is 0 Å². The predicted molar refractivity (Wildman–Crippen MR) is 9.27 cm³/mol. The van der Waals surface area contributed by atoms with E-state index in [1.54, 1.807) is 0 Å². The van der Waals surface area contributed by atoms with E-state index in [0.29, 0.717) is 0 Å². The molecule has 0 saturated carbocycles. The van der Waals surface area contributed by atoms with E-state index in [1.165, 1.54) is 0 Å². The molecule has 0 aliphatic heterocycles. The Morgan fingerprint density at radius 1 is 2.00 bits per heavy atom. The van der Waals surface area contributed by atoms with Crippen molar-refractivity contribution >= 4 is 0 Å². The molecule has 4 heavy (non-hydrogen) atoms. The average molecular weight is 63.0 g/mol. The molecule has 3 heteroatoms. The summed E-state index contributed by atoms with van der Waals surface area (Å²) in [5.74, 6) is 0. The summed E-state index contributed by atoms with van der Waals surface area (Å²) in [6, 6.07) is 0. The Labute approximate surface area is 23.4 Å². The van der Waals surface area contributed by atoms with Crippen LogP contribution in [0.3, 0.4) is 0 Å². The zero-order valence-corrected chi connectivity index (χ0v) is 1.97. The van der Waals surface area contributed by atoms with E-state index in [4.69, 9.17) is 10.4 Å². The lowest BCUT2D eigenvalue weighted by Crippen LogP contribution is -1.77. The van der Waals surface area contributed by atoms with Crippen LogP contribution in [0.2, 0.25) is 0 Å². The van der Waals surface area contributed by atoms with Crippen LogP contribution >= 0.6 is 0 Å². The van der Waals surface area contributed by atoms with Crippen LogP contribution in [0.4, 0.5) is 0 Å². The molecule has 0 spiro atoms. The average Bonchev–Trinajstić information content (AvgIpc) is 1.37. The number of hydrogen-bond donors (Lipinski definition) is 1. The van der Waals surface area contributed by atoms with E-state index < -0.39 is 6.79 Å². The first-order chi connectivity index (χ1) is 1.91. The fourth-order valence-electron chi connectivity index (χ4n) is 0. The molecule has 0 atom stereocenters. The van der Waals surface area contributed by atoms with Gasteiger partial charge >= 0.3 is 0 Å². The lowest BCUT2D eigenvalue weighted by atomic mass is 11.5. The first kappa shape index (κ1) is 3.88. The molecule has 0 aromatic heterocycles. The van der Waals surface area contributed by atoms with Gasteiger partial charge in [0.25, 0.3) is 0 Å². The lowest BCUT2D eigenvalue weighted by Gasteiger charge is -1.70. The van der Waals surface area contributed by atoms with Crippen molar-refractivity contribution in [1.82, 2.24) is 0 Å². The molecule has 3 nitrogen and oxygen atoms in total. The molecule has 0 unspecified atom stereocenters. The molecular formula is CH3O3. The van der Waals surface area contributed by atoms with Crippen molar-refractivity contribution in [1.29, 1.82) is 0 Å². The van der Waals surface area contributed by atoms with Gasteiger partial charge in [-0.1, -0.05) is 0 Å². The summed E-state index contributed by atoms with van der Waals surface area (Å²) in [5.41, 5.74) is 0. The Kier molecular flexibility index (Phi) is 2.79. The van der Waals surface area contributed by atoms with Crippen molar-refractivity contribution in [2.75, 3.05) is 6.79 Å². The Morgan fingerprint density at radius 2 is 2.25 bits per heavy atom. The Bertz CT molecular complexity index is 5.25. The largest absolute Gasteiger partial charge is 0.249 e. The van der Waals surface area contributed by atoms with Crippen LogP contribution in [0, 0.1) is 0 Å². The zero-order chi connectivity index (χ0) is 3.41. The second-order valence-corrected chi connectivity index (χ2v) is 0.247. The molecule has 0 aromatic carbocycles. The third kappa shape index (κ3) is 1.88. The van der Waals surface area contributed by atoms with Crippen LogP contribution in [0.1, 0.15) is 0 Å². The fraction of sp³-hybridized carbons (Fsp3) is 1.00. The third-order valence-corrected chi connectivity index (χ3v) is 0.0527. The van der Waals surface area contributed by atoms with Crippen molar-refractivity contribution in [2.45, 2.75) is 0 Å². The second kappa shape index (κ2) is 2.88. The zero-order valence-electron chi connectivity index (χ0n) is 1.97. The van der Waals surface area contributed by atoms with Gasteiger partial charge in [0.15, 0.2) is 0 Å². The molecule has 0 aliphatic carbocycles. The quantitative estimate of drug-likeness (QED) is 0.261. The van der Waals surface area contributed by atoms with Crippen LogP contribution in [0.5, 0.6) is 0 Å². The van der Waals surface area contributed by atoms with Gasteiger partial charge in [0.05, 0.1) is 0 Å². The van der Waals surface area contributed by atoms with Crippen LogP contribution in [-0.2, 0) is 9.99 Å². The Balaban J connectivity index is 1.97. The number of hydrogen-bond acceptors (Lipinski definition) is 2. The van der Waals surface area contributed by atoms with Crippen molar-refractivity contribution in [3.05, 3.63) is 0 Å². The molecule has 0 bridgehead atoms. The van der Waals surface area contributed by atoms with Gasteiger partial charge in [0.2, 0.25) is 6.79 Å². The standard InChI is InChI=1S/CH3O3/c2-1-4-3/h3H,1H2. The molecule has 0 amide bonds. The highest BCUT2D eigenvalue weighted by atomic mass is 17.1. The first-order valence-electron chi connectivity index (χ1n) is 0.760. The highest BCUT2D eigenvalue weighted by Gasteiger charge is 1.58. The maximum absolute atomic E-state index is 8.83. The van der Waals surface area contributed by atoms with Gasteiger partial charge in [-0.3, -0.25) is 0 Å². The molecule has 1 radical (unpaired) electrons. The smallest absolute Gasteiger partial charge is 0.214 e. The van der Waals surface area contributed by atoms with E-state index in [1.807, 2.05) is 0 Å². The van der Waals surface area contributed by atoms with Gasteiger partial charge in [0, 0.05) is 0 Å². The summed E-state index contributed by atoms with van der Waals surface area (Å²) in [7, 11) is 0. The molecular weight excluding hydrogens is 60.0 g/mol. The summed E-state index contributed by atoms with van der Waals surface area (Å²) >= 11 is 0. The molecule has 1 N–H and O–H groups in total. The maximum atomic E-state index is 8.83. The lowest BCUT2D eigenvalue weighted by molar-refractivity contribution is -0.297. The molecule has 0 saturated heterocycles. The molecule has 0 aromatic rings. The first-order valence-corrected chi connectivity index (χ1v) is 0.760. The van der Waals surface area contributed by atoms with Crippen LogP contribution in [0.15, 0.2) is 0 Å². The fourth-order valence-corrected chi connectivity index (χ4v) is 0. The molecule has 0 heterocycles. The summed E-state index contributed by atoms with van der Waals surface area (Å²) < 4.78 is 0. The van der Waals surface area contributed by atoms with Crippen molar-refractivity contribution in [2.24, 2.45) is 0 Å². The SMILES string of the molecule is [O]COO. The van der Waals surface area contributed by atoms with E-state index in [2.05, 4.69) is 4.89 Å². The minimum atomic E-state index is -0.875. The van der Waals surface area contributed by atoms with Gasteiger partial charge in [-0.15, -0.1) is 0 Å². The summed E-state index contributed by atoms with van der Waals surface area (Å²) in [6.45, 7) is -0.875. The monoisotopic (exact) mass is 63.0 g/mol. The minimum Gasteiger partial charge on any atom is -0.249 e. The topological polar surface area (TPSA) is 49.4 Å². The molecule has 0 rings (SSSR count). The van der Waals surface area contributed by atoms with Gasteiger partial charge in [-0.05, 0) is 0 Å². The van der Waals surface area contributed by atoms with Crippen LogP contribution in [-0.4, -0.2) is 12.1 Å². The normalized spacial score (nSPS) is 7.50. The second-order valence-electron chi connectivity index (χ2n) is 0.247. The van der Waals surface area contributed by atoms with Gasteiger partial charge in [0.1, 0.15) is 0 Å². The predicted octanol–water partition coefficient (Wildman–Crippen LogP) is -0.136. The van der Waals surface area contributed by atoms with Crippen LogP contribution < -0.4 is 0 Å². The third-order valence-electron chi connectivity index (χ3n) is 0.0527. The number of rotatable bonds is 1. The Morgan fingerprint density at radius 3 is 2.25 bits per heavy atom. The molecule has 25 valence electrons. The summed E-state index contributed by atoms with van der Waals surface area (Å²) in [5, 5.41) is 15.9. The van der Waals surface area contributed by atoms with E-state index in [9.17, 15) is 0 Å². The van der Waals surface area contributed by atoms with Crippen molar-refractivity contribution in [3.8, 4) is 0 Å². The maximum Gasteiger partial charge on any atom is 0.214 e. The van der Waals surface area contributed by atoms with E-state index in [0.717, 1.165) is 0 Å². The minimum absolute atomic E-state index is 0.875. The molecule has 0 fully saturated rings.